The minimum absolute atomic E-state index is 0.142. The molecule has 1 N–H and O–H groups in total. The third-order valence-corrected chi connectivity index (χ3v) is 7.64. The fourth-order valence-electron chi connectivity index (χ4n) is 3.76. The first kappa shape index (κ1) is 26.3. The molecule has 0 bridgehead atoms. The van der Waals surface area contributed by atoms with E-state index in [4.69, 9.17) is 4.74 Å². The van der Waals surface area contributed by atoms with Gasteiger partial charge < -0.3 is 10.1 Å². The van der Waals surface area contributed by atoms with Gasteiger partial charge in [0.2, 0.25) is 15.9 Å². The molecule has 0 saturated carbocycles. The molecule has 0 saturated heterocycles. The molecule has 0 radical (unpaired) electrons. The van der Waals surface area contributed by atoms with Crippen molar-refractivity contribution >= 4 is 32.5 Å². The third kappa shape index (κ3) is 5.81. The lowest BCUT2D eigenvalue weighted by Crippen LogP contribution is -2.22. The minimum Gasteiger partial charge on any atom is -0.456 e. The van der Waals surface area contributed by atoms with Crippen LogP contribution in [-0.4, -0.2) is 47.5 Å². The van der Waals surface area contributed by atoms with Crippen molar-refractivity contribution in [2.24, 2.45) is 0 Å². The number of aromatic nitrogens is 3. The maximum absolute atomic E-state index is 12.6. The summed E-state index contributed by atoms with van der Waals surface area (Å²) in [5.74, 6) is 0.950. The molecule has 37 heavy (non-hydrogen) atoms. The molecule has 194 valence electrons. The topological polar surface area (TPSA) is 106 Å². The van der Waals surface area contributed by atoms with Crippen molar-refractivity contribution in [2.75, 3.05) is 19.4 Å². The molecule has 4 aromatic rings. The number of pyridine rings is 1. The molecule has 0 aliphatic heterocycles. The summed E-state index contributed by atoms with van der Waals surface area (Å²) < 4.78 is 34.4. The van der Waals surface area contributed by atoms with E-state index in [9.17, 15) is 13.2 Å². The molecule has 0 aliphatic rings. The summed E-state index contributed by atoms with van der Waals surface area (Å²) in [7, 11) is -0.625. The number of anilines is 1. The number of carbonyl (C=O) groups is 1. The van der Waals surface area contributed by atoms with Gasteiger partial charge in [-0.15, -0.1) is 0 Å². The average molecular weight is 522 g/mol. The number of benzene rings is 2. The van der Waals surface area contributed by atoms with Crippen molar-refractivity contribution in [3.63, 3.8) is 0 Å². The molecule has 0 aliphatic carbocycles. The van der Waals surface area contributed by atoms with Gasteiger partial charge in [-0.3, -0.25) is 14.5 Å². The Balaban J connectivity index is 1.52. The number of amides is 1. The average Bonchev–Trinajstić information content (AvgIpc) is 3.29. The van der Waals surface area contributed by atoms with Crippen LogP contribution in [0.1, 0.15) is 31.9 Å². The number of ether oxygens (including phenoxy) is 1. The first-order valence-electron chi connectivity index (χ1n) is 11.8. The Bertz CT molecular complexity index is 1570. The summed E-state index contributed by atoms with van der Waals surface area (Å²) in [5.41, 5.74) is 2.78. The van der Waals surface area contributed by atoms with Crippen LogP contribution in [0.3, 0.4) is 0 Å². The molecule has 2 heterocycles. The van der Waals surface area contributed by atoms with E-state index in [-0.39, 0.29) is 22.8 Å². The number of sulfonamides is 1. The van der Waals surface area contributed by atoms with Crippen LogP contribution >= 0.6 is 0 Å². The largest absolute Gasteiger partial charge is 0.456 e. The van der Waals surface area contributed by atoms with E-state index in [1.807, 2.05) is 52.1 Å². The summed E-state index contributed by atoms with van der Waals surface area (Å²) in [4.78, 5) is 17.1. The molecule has 0 unspecified atom stereocenters. The van der Waals surface area contributed by atoms with Crippen molar-refractivity contribution in [3.05, 3.63) is 72.2 Å². The predicted molar refractivity (Wildman–Crippen MR) is 143 cm³/mol. The standard InChI is InChI=1S/C27H31N5O4S/c1-18-13-19(14-26(33)30-20-16-29-32(17-20)27(2,3)4)7-10-24(18)36-25-11-12-28-23-9-8-21(15-22(23)25)37(34,35)31(5)6/h7-13,15-17H,14H2,1-6H3,(H,30,33). The zero-order valence-electron chi connectivity index (χ0n) is 21.8. The Morgan fingerprint density at radius 3 is 2.49 bits per heavy atom. The Kier molecular flexibility index (Phi) is 7.07. The van der Waals surface area contributed by atoms with Gasteiger partial charge in [0.1, 0.15) is 11.5 Å². The van der Waals surface area contributed by atoms with Crippen LogP contribution < -0.4 is 10.1 Å². The summed E-state index contributed by atoms with van der Waals surface area (Å²) in [5, 5.41) is 7.78. The fourth-order valence-corrected chi connectivity index (χ4v) is 4.69. The van der Waals surface area contributed by atoms with E-state index in [0.717, 1.165) is 11.1 Å². The van der Waals surface area contributed by atoms with E-state index in [2.05, 4.69) is 15.4 Å². The van der Waals surface area contributed by atoms with Gasteiger partial charge >= 0.3 is 0 Å². The normalized spacial score (nSPS) is 12.2. The van der Waals surface area contributed by atoms with Crippen molar-refractivity contribution in [1.82, 2.24) is 19.1 Å². The Morgan fingerprint density at radius 2 is 1.84 bits per heavy atom. The maximum atomic E-state index is 12.6. The van der Waals surface area contributed by atoms with Gasteiger partial charge in [-0.2, -0.15) is 5.10 Å². The van der Waals surface area contributed by atoms with Crippen LogP contribution in [0.5, 0.6) is 11.5 Å². The second kappa shape index (κ2) is 9.95. The lowest BCUT2D eigenvalue weighted by molar-refractivity contribution is -0.115. The van der Waals surface area contributed by atoms with Gasteiger partial charge in [0.15, 0.2) is 0 Å². The van der Waals surface area contributed by atoms with E-state index in [0.29, 0.717) is 28.1 Å². The van der Waals surface area contributed by atoms with E-state index in [1.165, 1.54) is 24.5 Å². The Morgan fingerprint density at radius 1 is 1.08 bits per heavy atom. The Labute approximate surface area is 217 Å². The number of nitrogens with zero attached hydrogens (tertiary/aromatic N) is 4. The number of hydrogen-bond donors (Lipinski definition) is 1. The van der Waals surface area contributed by atoms with Crippen molar-refractivity contribution in [3.8, 4) is 11.5 Å². The lowest BCUT2D eigenvalue weighted by Gasteiger charge is -2.18. The Hall–Kier alpha value is -3.76. The molecule has 2 aromatic heterocycles. The fraction of sp³-hybridized carbons (Fsp3) is 0.296. The SMILES string of the molecule is Cc1cc(CC(=O)Nc2cnn(C(C)(C)C)c2)ccc1Oc1ccnc2ccc(S(=O)(=O)N(C)C)cc12. The zero-order valence-corrected chi connectivity index (χ0v) is 22.6. The van der Waals surface area contributed by atoms with Crippen molar-refractivity contribution in [2.45, 2.75) is 44.6 Å². The first-order chi connectivity index (χ1) is 17.3. The van der Waals surface area contributed by atoms with Crippen LogP contribution in [0.15, 0.2) is 66.0 Å². The summed E-state index contributed by atoms with van der Waals surface area (Å²) in [6, 6.07) is 12.0. The number of fused-ring (bicyclic) bond motifs is 1. The highest BCUT2D eigenvalue weighted by atomic mass is 32.2. The van der Waals surface area contributed by atoms with Crippen LogP contribution in [0.2, 0.25) is 0 Å². The molecular weight excluding hydrogens is 490 g/mol. The van der Waals surface area contributed by atoms with E-state index >= 15 is 0 Å². The summed E-state index contributed by atoms with van der Waals surface area (Å²) >= 11 is 0. The molecule has 0 fully saturated rings. The number of rotatable bonds is 7. The zero-order chi connectivity index (χ0) is 27.0. The maximum Gasteiger partial charge on any atom is 0.242 e. The van der Waals surface area contributed by atoms with Crippen LogP contribution in [-0.2, 0) is 26.8 Å². The van der Waals surface area contributed by atoms with Crippen LogP contribution in [0.4, 0.5) is 5.69 Å². The highest BCUT2D eigenvalue weighted by Gasteiger charge is 2.19. The minimum atomic E-state index is -3.61. The molecule has 2 aromatic carbocycles. The number of aryl methyl sites for hydroxylation is 1. The molecule has 9 nitrogen and oxygen atoms in total. The smallest absolute Gasteiger partial charge is 0.242 e. The first-order valence-corrected chi connectivity index (χ1v) is 13.2. The van der Waals surface area contributed by atoms with E-state index in [1.54, 1.807) is 35.3 Å². The third-order valence-electron chi connectivity index (χ3n) is 5.83. The molecule has 10 heteroatoms. The second-order valence-electron chi connectivity index (χ2n) is 10.0. The second-order valence-corrected chi connectivity index (χ2v) is 12.2. The van der Waals surface area contributed by atoms with E-state index < -0.39 is 10.0 Å². The molecule has 4 rings (SSSR count). The van der Waals surface area contributed by atoms with Gasteiger partial charge in [0.25, 0.3) is 0 Å². The molecule has 0 spiro atoms. The molecule has 1 amide bonds. The summed E-state index contributed by atoms with van der Waals surface area (Å²) in [6.07, 6.45) is 5.27. The predicted octanol–water partition coefficient (Wildman–Crippen LogP) is 4.72. The van der Waals surface area contributed by atoms with Crippen LogP contribution in [0.25, 0.3) is 10.9 Å². The van der Waals surface area contributed by atoms with Crippen LogP contribution in [0, 0.1) is 6.92 Å². The van der Waals surface area contributed by atoms with Gasteiger partial charge in [0.05, 0.1) is 34.3 Å². The number of hydrogen-bond acceptors (Lipinski definition) is 6. The highest BCUT2D eigenvalue weighted by Crippen LogP contribution is 2.32. The van der Waals surface area contributed by atoms with Gasteiger partial charge in [-0.05, 0) is 69.2 Å². The van der Waals surface area contributed by atoms with Gasteiger partial charge in [-0.25, -0.2) is 12.7 Å². The van der Waals surface area contributed by atoms with Gasteiger partial charge in [0, 0.05) is 31.9 Å². The molecular formula is C27H31N5O4S. The number of carbonyl (C=O) groups excluding carboxylic acids is 1. The lowest BCUT2D eigenvalue weighted by atomic mass is 10.1. The highest BCUT2D eigenvalue weighted by molar-refractivity contribution is 7.89. The molecule has 0 atom stereocenters. The van der Waals surface area contributed by atoms with Gasteiger partial charge in [-0.1, -0.05) is 12.1 Å². The van der Waals surface area contributed by atoms with Crippen molar-refractivity contribution in [1.29, 1.82) is 0 Å². The monoisotopic (exact) mass is 521 g/mol. The summed E-state index contributed by atoms with van der Waals surface area (Å²) in [6.45, 7) is 8.02. The van der Waals surface area contributed by atoms with Crippen molar-refractivity contribution < 1.29 is 17.9 Å². The number of nitrogens with one attached hydrogen (secondary N) is 1. The quantitative estimate of drug-likeness (QED) is 0.377.